The minimum Gasteiger partial charge on any atom is -0.455 e. The Labute approximate surface area is 280 Å². The summed E-state index contributed by atoms with van der Waals surface area (Å²) in [5.41, 5.74) is 10.1. The molecule has 0 aliphatic carbocycles. The van der Waals surface area contributed by atoms with Gasteiger partial charge >= 0.3 is 0 Å². The number of nitriles is 2. The molecule has 3 aromatic heterocycles. The van der Waals surface area contributed by atoms with Crippen LogP contribution in [0.1, 0.15) is 11.1 Å². The lowest BCUT2D eigenvalue weighted by atomic mass is 9.93. The highest BCUT2D eigenvalue weighted by Gasteiger charge is 2.23. The van der Waals surface area contributed by atoms with Crippen molar-refractivity contribution in [1.29, 1.82) is 10.5 Å². The van der Waals surface area contributed by atoms with Gasteiger partial charge < -0.3 is 13.6 Å². The van der Waals surface area contributed by atoms with Gasteiger partial charge in [-0.15, -0.1) is 0 Å². The first-order chi connectivity index (χ1) is 24.2. The number of para-hydroxylation sites is 4. The highest BCUT2D eigenvalue weighted by Crippen LogP contribution is 2.43. The molecule has 5 heteroatoms. The number of aromatic nitrogens is 2. The molecule has 0 amide bonds. The second kappa shape index (κ2) is 10.2. The van der Waals surface area contributed by atoms with Crippen LogP contribution in [0.5, 0.6) is 0 Å². The third-order valence-electron chi connectivity index (χ3n) is 9.82. The Bertz CT molecular complexity index is 3000. The second-order valence-electron chi connectivity index (χ2n) is 12.3. The predicted octanol–water partition coefficient (Wildman–Crippen LogP) is 11.2. The summed E-state index contributed by atoms with van der Waals surface area (Å²) in [6, 6.07) is 54.2. The summed E-state index contributed by atoms with van der Waals surface area (Å²) >= 11 is 0. The molecule has 10 rings (SSSR count). The van der Waals surface area contributed by atoms with Crippen molar-refractivity contribution in [2.24, 2.45) is 0 Å². The Morgan fingerprint density at radius 1 is 0.469 bits per heavy atom. The first-order valence-corrected chi connectivity index (χ1v) is 16.1. The zero-order valence-electron chi connectivity index (χ0n) is 26.1. The summed E-state index contributed by atoms with van der Waals surface area (Å²) < 4.78 is 11.1. The van der Waals surface area contributed by atoms with Crippen molar-refractivity contribution in [3.63, 3.8) is 0 Å². The monoisotopic (exact) mass is 624 g/mol. The number of furan rings is 1. The Morgan fingerprint density at radius 3 is 1.73 bits per heavy atom. The van der Waals surface area contributed by atoms with Crippen molar-refractivity contribution in [3.05, 3.63) is 157 Å². The van der Waals surface area contributed by atoms with E-state index < -0.39 is 0 Å². The summed E-state index contributed by atoms with van der Waals surface area (Å²) in [6.45, 7) is 0. The first-order valence-electron chi connectivity index (χ1n) is 16.1. The van der Waals surface area contributed by atoms with Gasteiger partial charge in [0.05, 0.1) is 56.4 Å². The number of fused-ring (bicyclic) bond motifs is 10. The topological polar surface area (TPSA) is 70.6 Å². The summed E-state index contributed by atoms with van der Waals surface area (Å²) in [6.07, 6.45) is 0. The van der Waals surface area contributed by atoms with Crippen molar-refractivity contribution < 1.29 is 4.42 Å². The molecule has 0 radical (unpaired) electrons. The molecule has 0 saturated carbocycles. The van der Waals surface area contributed by atoms with Crippen LogP contribution in [0.25, 0.3) is 88.1 Å². The quantitative estimate of drug-likeness (QED) is 0.196. The van der Waals surface area contributed by atoms with Crippen LogP contribution in [0.2, 0.25) is 0 Å². The molecule has 0 spiro atoms. The molecule has 0 atom stereocenters. The molecule has 10 aromatic rings. The lowest BCUT2D eigenvalue weighted by Gasteiger charge is -2.18. The highest BCUT2D eigenvalue weighted by atomic mass is 16.3. The SMILES string of the molecule is N#Cc1cccc(C#N)c1-c1ccc(-n2c3ccccc3c3c4oc5ccccc5c4ccc32)cc1-n1c2ccccc2c2ccccc21. The number of rotatable bonds is 3. The van der Waals surface area contributed by atoms with Gasteiger partial charge in [-0.25, -0.2) is 0 Å². The van der Waals surface area contributed by atoms with Crippen molar-refractivity contribution in [1.82, 2.24) is 9.13 Å². The second-order valence-corrected chi connectivity index (χ2v) is 12.3. The van der Waals surface area contributed by atoms with Crippen LogP contribution in [0, 0.1) is 22.7 Å². The van der Waals surface area contributed by atoms with Crippen LogP contribution >= 0.6 is 0 Å². The van der Waals surface area contributed by atoms with Crippen molar-refractivity contribution in [3.8, 4) is 34.6 Å². The molecule has 5 nitrogen and oxygen atoms in total. The van der Waals surface area contributed by atoms with Gasteiger partial charge in [0.25, 0.3) is 0 Å². The van der Waals surface area contributed by atoms with Crippen LogP contribution in [-0.2, 0) is 0 Å². The molecule has 0 fully saturated rings. The first kappa shape index (κ1) is 27.1. The van der Waals surface area contributed by atoms with Crippen LogP contribution in [0.15, 0.2) is 150 Å². The maximum Gasteiger partial charge on any atom is 0.145 e. The zero-order chi connectivity index (χ0) is 32.6. The van der Waals surface area contributed by atoms with E-state index in [0.29, 0.717) is 16.7 Å². The summed E-state index contributed by atoms with van der Waals surface area (Å²) in [5, 5.41) is 27.1. The molecule has 0 aliphatic heterocycles. The molecule has 3 heterocycles. The molecular formula is C44H24N4O. The van der Waals surface area contributed by atoms with E-state index in [1.54, 1.807) is 18.2 Å². The van der Waals surface area contributed by atoms with Gasteiger partial charge in [0, 0.05) is 43.7 Å². The molecule has 0 saturated heterocycles. The maximum atomic E-state index is 10.3. The Hall–Kier alpha value is -7.08. The van der Waals surface area contributed by atoms with Gasteiger partial charge in [-0.05, 0) is 60.7 Å². The third-order valence-corrected chi connectivity index (χ3v) is 9.82. The summed E-state index contributed by atoms with van der Waals surface area (Å²) in [7, 11) is 0. The van der Waals surface area contributed by atoms with Gasteiger partial charge in [0.1, 0.15) is 11.2 Å². The van der Waals surface area contributed by atoms with E-state index >= 15 is 0 Å². The van der Waals surface area contributed by atoms with Gasteiger partial charge in [0.15, 0.2) is 0 Å². The van der Waals surface area contributed by atoms with E-state index in [4.69, 9.17) is 4.42 Å². The standard InChI is InChI=1S/C44H24N4O/c45-25-27-10-9-11-28(26-46)42(27)35-21-20-29(24-40(35)48-36-16-5-1-12-30(36)31-13-2-6-17-37(31)48)47-38-18-7-3-15-34(38)43-39(47)23-22-33-32-14-4-8-19-41(32)49-44(33)43/h1-24H. The van der Waals surface area contributed by atoms with E-state index in [1.807, 2.05) is 18.2 Å². The minimum absolute atomic E-state index is 0.456. The van der Waals surface area contributed by atoms with Crippen LogP contribution in [-0.4, -0.2) is 9.13 Å². The fourth-order valence-electron chi connectivity index (χ4n) is 7.78. The number of hydrogen-bond donors (Lipinski definition) is 0. The van der Waals surface area contributed by atoms with Crippen LogP contribution in [0.3, 0.4) is 0 Å². The Balaban J connectivity index is 1.36. The molecule has 0 aliphatic rings. The molecule has 226 valence electrons. The molecule has 7 aromatic carbocycles. The molecule has 0 unspecified atom stereocenters. The largest absolute Gasteiger partial charge is 0.455 e. The number of hydrogen-bond acceptors (Lipinski definition) is 3. The fraction of sp³-hybridized carbons (Fsp3) is 0. The zero-order valence-corrected chi connectivity index (χ0v) is 26.1. The van der Waals surface area contributed by atoms with E-state index in [2.05, 4.69) is 130 Å². The molecule has 0 N–H and O–H groups in total. The maximum absolute atomic E-state index is 10.3. The average molecular weight is 625 g/mol. The van der Waals surface area contributed by atoms with Gasteiger partial charge in [-0.2, -0.15) is 10.5 Å². The van der Waals surface area contributed by atoms with E-state index in [-0.39, 0.29) is 0 Å². The highest BCUT2D eigenvalue weighted by molar-refractivity contribution is 6.24. The van der Waals surface area contributed by atoms with E-state index in [1.165, 1.54) is 0 Å². The smallest absolute Gasteiger partial charge is 0.145 e. The summed E-state index contributed by atoms with van der Waals surface area (Å²) in [4.78, 5) is 0. The van der Waals surface area contributed by atoms with E-state index in [9.17, 15) is 10.5 Å². The van der Waals surface area contributed by atoms with E-state index in [0.717, 1.165) is 82.5 Å². The fourth-order valence-corrected chi connectivity index (χ4v) is 7.78. The normalized spacial score (nSPS) is 11.6. The molecule has 0 bridgehead atoms. The van der Waals surface area contributed by atoms with Crippen LogP contribution < -0.4 is 0 Å². The summed E-state index contributed by atoms with van der Waals surface area (Å²) in [5.74, 6) is 0. The number of benzene rings is 7. The Morgan fingerprint density at radius 2 is 1.06 bits per heavy atom. The van der Waals surface area contributed by atoms with Crippen molar-refractivity contribution in [2.75, 3.05) is 0 Å². The molecule has 49 heavy (non-hydrogen) atoms. The third kappa shape index (κ3) is 3.73. The number of nitrogens with zero attached hydrogens (tertiary/aromatic N) is 4. The minimum atomic E-state index is 0.456. The average Bonchev–Trinajstić information content (AvgIpc) is 3.82. The lowest BCUT2D eigenvalue weighted by molar-refractivity contribution is 0.673. The van der Waals surface area contributed by atoms with Crippen molar-refractivity contribution in [2.45, 2.75) is 0 Å². The van der Waals surface area contributed by atoms with Crippen molar-refractivity contribution >= 4 is 65.6 Å². The van der Waals surface area contributed by atoms with Gasteiger partial charge in [0.2, 0.25) is 0 Å². The Kier molecular flexibility index (Phi) is 5.64. The molecular weight excluding hydrogens is 601 g/mol. The lowest BCUT2D eigenvalue weighted by Crippen LogP contribution is -2.03. The van der Waals surface area contributed by atoms with Gasteiger partial charge in [-0.3, -0.25) is 0 Å². The van der Waals surface area contributed by atoms with Crippen LogP contribution in [0.4, 0.5) is 0 Å². The predicted molar refractivity (Wildman–Crippen MR) is 197 cm³/mol. The van der Waals surface area contributed by atoms with Gasteiger partial charge in [-0.1, -0.05) is 84.9 Å².